The summed E-state index contributed by atoms with van der Waals surface area (Å²) >= 11 is 0. The molecular formula is C18H28N2O. The van der Waals surface area contributed by atoms with E-state index in [1.807, 2.05) is 12.1 Å². The highest BCUT2D eigenvalue weighted by Crippen LogP contribution is 2.20. The summed E-state index contributed by atoms with van der Waals surface area (Å²) in [7, 11) is 0. The van der Waals surface area contributed by atoms with Crippen molar-refractivity contribution in [3.8, 4) is 5.75 Å². The van der Waals surface area contributed by atoms with Crippen LogP contribution in [-0.2, 0) is 6.54 Å². The van der Waals surface area contributed by atoms with E-state index in [-0.39, 0.29) is 0 Å². The summed E-state index contributed by atoms with van der Waals surface area (Å²) in [5, 5.41) is 3.53. The van der Waals surface area contributed by atoms with Gasteiger partial charge in [0.2, 0.25) is 0 Å². The van der Waals surface area contributed by atoms with Gasteiger partial charge in [-0.2, -0.15) is 0 Å². The van der Waals surface area contributed by atoms with Gasteiger partial charge in [0.1, 0.15) is 12.4 Å². The summed E-state index contributed by atoms with van der Waals surface area (Å²) in [5.41, 5.74) is 1.30. The minimum atomic E-state index is 0.515. The van der Waals surface area contributed by atoms with Crippen LogP contribution < -0.4 is 10.1 Å². The Hall–Kier alpha value is -1.32. The predicted octanol–water partition coefficient (Wildman–Crippen LogP) is 3.21. The summed E-state index contributed by atoms with van der Waals surface area (Å²) in [6.45, 7) is 11.7. The molecule has 0 spiro atoms. The highest BCUT2D eigenvalue weighted by atomic mass is 16.5. The third-order valence-electron chi connectivity index (χ3n) is 3.81. The van der Waals surface area contributed by atoms with Gasteiger partial charge in [0.05, 0.1) is 0 Å². The molecule has 1 aromatic rings. The zero-order chi connectivity index (χ0) is 15.1. The van der Waals surface area contributed by atoms with Gasteiger partial charge in [0, 0.05) is 31.7 Å². The van der Waals surface area contributed by atoms with E-state index >= 15 is 0 Å². The standard InChI is InChI=1S/C18H28N2O/c1-4-10-20(15(2)3)11-12-21-18-7-5-6-16(13-18)14-19-17-8-9-17/h4-7,13,15,17,19H,1,8-12,14H2,2-3H3. The van der Waals surface area contributed by atoms with Crippen LogP contribution in [0.2, 0.25) is 0 Å². The normalized spacial score (nSPS) is 14.7. The smallest absolute Gasteiger partial charge is 0.119 e. The minimum Gasteiger partial charge on any atom is -0.492 e. The van der Waals surface area contributed by atoms with Gasteiger partial charge in [-0.15, -0.1) is 6.58 Å². The summed E-state index contributed by atoms with van der Waals surface area (Å²) in [5.74, 6) is 0.965. The van der Waals surface area contributed by atoms with Crippen molar-refractivity contribution in [2.24, 2.45) is 0 Å². The van der Waals surface area contributed by atoms with Gasteiger partial charge >= 0.3 is 0 Å². The third-order valence-corrected chi connectivity index (χ3v) is 3.81. The molecule has 0 amide bonds. The van der Waals surface area contributed by atoms with E-state index in [1.54, 1.807) is 0 Å². The van der Waals surface area contributed by atoms with Crippen molar-refractivity contribution in [2.75, 3.05) is 19.7 Å². The highest BCUT2D eigenvalue weighted by Gasteiger charge is 2.19. The monoisotopic (exact) mass is 288 g/mol. The molecule has 3 heteroatoms. The van der Waals surface area contributed by atoms with Gasteiger partial charge in [0.25, 0.3) is 0 Å². The molecule has 2 rings (SSSR count). The maximum atomic E-state index is 5.89. The molecule has 0 aliphatic heterocycles. The van der Waals surface area contributed by atoms with Crippen LogP contribution >= 0.6 is 0 Å². The number of benzene rings is 1. The van der Waals surface area contributed by atoms with Crippen LogP contribution in [0.3, 0.4) is 0 Å². The quantitative estimate of drug-likeness (QED) is 0.669. The molecule has 0 atom stereocenters. The largest absolute Gasteiger partial charge is 0.492 e. The van der Waals surface area contributed by atoms with Crippen LogP contribution in [-0.4, -0.2) is 36.7 Å². The van der Waals surface area contributed by atoms with E-state index in [1.165, 1.54) is 18.4 Å². The predicted molar refractivity (Wildman–Crippen MR) is 88.7 cm³/mol. The van der Waals surface area contributed by atoms with Crippen LogP contribution in [0.4, 0.5) is 0 Å². The van der Waals surface area contributed by atoms with Crippen LogP contribution in [0.1, 0.15) is 32.3 Å². The summed E-state index contributed by atoms with van der Waals surface area (Å²) in [6.07, 6.45) is 4.60. The maximum Gasteiger partial charge on any atom is 0.119 e. The molecule has 1 aromatic carbocycles. The molecule has 0 heterocycles. The lowest BCUT2D eigenvalue weighted by atomic mass is 10.2. The topological polar surface area (TPSA) is 24.5 Å². The molecule has 1 fully saturated rings. The Morgan fingerprint density at radius 1 is 1.43 bits per heavy atom. The van der Waals surface area contributed by atoms with Crippen molar-refractivity contribution in [1.29, 1.82) is 0 Å². The van der Waals surface area contributed by atoms with Crippen molar-refractivity contribution < 1.29 is 4.74 Å². The minimum absolute atomic E-state index is 0.515. The van der Waals surface area contributed by atoms with E-state index in [4.69, 9.17) is 4.74 Å². The summed E-state index contributed by atoms with van der Waals surface area (Å²) in [4.78, 5) is 2.35. The Bertz CT molecular complexity index is 441. The maximum absolute atomic E-state index is 5.89. The molecular weight excluding hydrogens is 260 g/mol. The van der Waals surface area contributed by atoms with Gasteiger partial charge in [-0.3, -0.25) is 4.90 Å². The molecule has 3 nitrogen and oxygen atoms in total. The van der Waals surface area contributed by atoms with E-state index in [0.29, 0.717) is 12.6 Å². The fourth-order valence-corrected chi connectivity index (χ4v) is 2.30. The van der Waals surface area contributed by atoms with Crippen molar-refractivity contribution in [3.63, 3.8) is 0 Å². The number of nitrogens with zero attached hydrogens (tertiary/aromatic N) is 1. The second kappa shape index (κ2) is 8.20. The molecule has 0 unspecified atom stereocenters. The van der Waals surface area contributed by atoms with Crippen LogP contribution in [0.5, 0.6) is 5.75 Å². The Labute approximate surface area is 129 Å². The first kappa shape index (κ1) is 16.1. The fraction of sp³-hybridized carbons (Fsp3) is 0.556. The van der Waals surface area contributed by atoms with Gasteiger partial charge in [-0.05, 0) is 44.4 Å². The Morgan fingerprint density at radius 3 is 2.90 bits per heavy atom. The average molecular weight is 288 g/mol. The number of nitrogens with one attached hydrogen (secondary N) is 1. The summed E-state index contributed by atoms with van der Waals surface area (Å²) < 4.78 is 5.89. The number of hydrogen-bond donors (Lipinski definition) is 1. The lowest BCUT2D eigenvalue weighted by molar-refractivity contribution is 0.191. The molecule has 21 heavy (non-hydrogen) atoms. The Balaban J connectivity index is 1.76. The highest BCUT2D eigenvalue weighted by molar-refractivity contribution is 5.28. The van der Waals surface area contributed by atoms with Crippen LogP contribution in [0.25, 0.3) is 0 Å². The average Bonchev–Trinajstić information content (AvgIpc) is 3.29. The van der Waals surface area contributed by atoms with Gasteiger partial charge < -0.3 is 10.1 Å². The zero-order valence-corrected chi connectivity index (χ0v) is 13.3. The Kier molecular flexibility index (Phi) is 6.27. The second-order valence-electron chi connectivity index (χ2n) is 6.03. The first-order chi connectivity index (χ1) is 10.2. The van der Waals surface area contributed by atoms with Crippen molar-refractivity contribution in [2.45, 2.75) is 45.3 Å². The zero-order valence-electron chi connectivity index (χ0n) is 13.3. The van der Waals surface area contributed by atoms with Crippen molar-refractivity contribution in [1.82, 2.24) is 10.2 Å². The number of hydrogen-bond acceptors (Lipinski definition) is 3. The van der Waals surface area contributed by atoms with Crippen LogP contribution in [0, 0.1) is 0 Å². The molecule has 0 saturated heterocycles. The lowest BCUT2D eigenvalue weighted by Gasteiger charge is -2.24. The molecule has 0 aromatic heterocycles. The summed E-state index contributed by atoms with van der Waals surface area (Å²) in [6, 6.07) is 9.66. The molecule has 0 radical (unpaired) electrons. The van der Waals surface area contributed by atoms with Gasteiger partial charge in [0.15, 0.2) is 0 Å². The molecule has 1 aliphatic carbocycles. The molecule has 1 saturated carbocycles. The van der Waals surface area contributed by atoms with E-state index in [9.17, 15) is 0 Å². The SMILES string of the molecule is C=CCN(CCOc1cccc(CNC2CC2)c1)C(C)C. The number of ether oxygens (including phenoxy) is 1. The molecule has 1 N–H and O–H groups in total. The van der Waals surface area contributed by atoms with Crippen LogP contribution in [0.15, 0.2) is 36.9 Å². The molecule has 1 aliphatic rings. The van der Waals surface area contributed by atoms with Crippen molar-refractivity contribution >= 4 is 0 Å². The number of rotatable bonds is 10. The van der Waals surface area contributed by atoms with Gasteiger partial charge in [-0.25, -0.2) is 0 Å². The molecule has 0 bridgehead atoms. The first-order valence-electron chi connectivity index (χ1n) is 7.99. The fourth-order valence-electron chi connectivity index (χ4n) is 2.30. The molecule has 116 valence electrons. The first-order valence-corrected chi connectivity index (χ1v) is 7.99. The Morgan fingerprint density at radius 2 is 2.24 bits per heavy atom. The second-order valence-corrected chi connectivity index (χ2v) is 6.03. The van der Waals surface area contributed by atoms with E-state index < -0.39 is 0 Å². The van der Waals surface area contributed by atoms with Gasteiger partial charge in [-0.1, -0.05) is 18.2 Å². The van der Waals surface area contributed by atoms with E-state index in [0.717, 1.165) is 31.4 Å². The van der Waals surface area contributed by atoms with E-state index in [2.05, 4.69) is 48.8 Å². The van der Waals surface area contributed by atoms with Crippen molar-refractivity contribution in [3.05, 3.63) is 42.5 Å². The third kappa shape index (κ3) is 5.90. The lowest BCUT2D eigenvalue weighted by Crippen LogP contribution is -2.34.